The van der Waals surface area contributed by atoms with Crippen LogP contribution in [0.4, 0.5) is 5.69 Å². The van der Waals surface area contributed by atoms with E-state index >= 15 is 0 Å². The van der Waals surface area contributed by atoms with Crippen molar-refractivity contribution in [1.82, 2.24) is 4.31 Å². The highest BCUT2D eigenvalue weighted by atomic mass is 32.2. The van der Waals surface area contributed by atoms with E-state index in [1.165, 1.54) is 0 Å². The summed E-state index contributed by atoms with van der Waals surface area (Å²) in [5.41, 5.74) is 3.73. The maximum atomic E-state index is 13.6. The molecule has 28 heavy (non-hydrogen) atoms. The molecule has 1 atom stereocenters. The lowest BCUT2D eigenvalue weighted by Gasteiger charge is -2.28. The number of sulfonamides is 1. The van der Waals surface area contributed by atoms with Gasteiger partial charge in [0.1, 0.15) is 0 Å². The lowest BCUT2D eigenvalue weighted by atomic mass is 9.97. The average Bonchev–Trinajstić information content (AvgIpc) is 2.93. The quantitative estimate of drug-likeness (QED) is 0.772. The molecule has 0 radical (unpaired) electrons. The second-order valence-electron chi connectivity index (χ2n) is 7.96. The Balaban J connectivity index is 1.78. The van der Waals surface area contributed by atoms with Crippen molar-refractivity contribution in [2.75, 3.05) is 11.4 Å². The number of carbonyl (C=O) groups excluding carboxylic acids is 1. The zero-order chi connectivity index (χ0) is 20.1. The van der Waals surface area contributed by atoms with Gasteiger partial charge in [0.2, 0.25) is 15.9 Å². The molecule has 4 rings (SSSR count). The monoisotopic (exact) mass is 398 g/mol. The number of hydrogen-bond donors (Lipinski definition) is 0. The van der Waals surface area contributed by atoms with Crippen molar-refractivity contribution in [3.05, 3.63) is 59.2 Å². The highest BCUT2D eigenvalue weighted by Crippen LogP contribution is 2.44. The molecule has 1 amide bonds. The molecule has 148 valence electrons. The van der Waals surface area contributed by atoms with Crippen LogP contribution in [0.5, 0.6) is 0 Å². The van der Waals surface area contributed by atoms with E-state index in [9.17, 15) is 13.2 Å². The number of rotatable bonds is 5. The summed E-state index contributed by atoms with van der Waals surface area (Å²) in [4.78, 5) is 14.7. The first-order valence-corrected chi connectivity index (χ1v) is 11.3. The van der Waals surface area contributed by atoms with E-state index in [1.807, 2.05) is 56.0 Å². The maximum Gasteiger partial charge on any atom is 0.243 e. The summed E-state index contributed by atoms with van der Waals surface area (Å²) >= 11 is 0. The molecule has 0 bridgehead atoms. The third-order valence-corrected chi connectivity index (χ3v) is 7.76. The summed E-state index contributed by atoms with van der Waals surface area (Å²) < 4.78 is 28.7. The topological polar surface area (TPSA) is 57.7 Å². The van der Waals surface area contributed by atoms with Gasteiger partial charge in [-0.15, -0.1) is 0 Å². The van der Waals surface area contributed by atoms with Gasteiger partial charge in [0, 0.05) is 19.1 Å². The molecule has 0 aliphatic carbocycles. The highest BCUT2D eigenvalue weighted by Gasteiger charge is 2.39. The Morgan fingerprint density at radius 2 is 1.89 bits per heavy atom. The number of anilines is 1. The standard InChI is InChI=1S/C22H26N2O3S/c1-15(2)24(14-17-8-5-4-6-9-17)28(26,27)19-12-18-10-7-11-23-21(18)20(13-19)16(3)22(23)25/h4-6,8-9,12-13,15-16H,7,10-11,14H2,1-3H3/t16-/m1/s1. The normalized spacial score (nSPS) is 18.8. The Labute approximate surface area is 167 Å². The Morgan fingerprint density at radius 1 is 1.18 bits per heavy atom. The molecule has 0 N–H and O–H groups in total. The van der Waals surface area contributed by atoms with Crippen LogP contribution < -0.4 is 4.90 Å². The van der Waals surface area contributed by atoms with E-state index in [0.29, 0.717) is 11.4 Å². The van der Waals surface area contributed by atoms with E-state index in [1.54, 1.807) is 16.4 Å². The van der Waals surface area contributed by atoms with Crippen LogP contribution >= 0.6 is 0 Å². The summed E-state index contributed by atoms with van der Waals surface area (Å²) in [5.74, 6) is -0.209. The van der Waals surface area contributed by atoms with Gasteiger partial charge in [-0.1, -0.05) is 30.3 Å². The lowest BCUT2D eigenvalue weighted by molar-refractivity contribution is -0.119. The van der Waals surface area contributed by atoms with E-state index < -0.39 is 10.0 Å². The first kappa shape index (κ1) is 19.2. The molecular weight excluding hydrogens is 372 g/mol. The number of benzene rings is 2. The molecule has 2 heterocycles. The van der Waals surface area contributed by atoms with Crippen LogP contribution in [0.1, 0.15) is 49.8 Å². The number of nitrogens with zero attached hydrogens (tertiary/aromatic N) is 2. The second-order valence-corrected chi connectivity index (χ2v) is 9.86. The number of amides is 1. The largest absolute Gasteiger partial charge is 0.311 e. The molecule has 2 aliphatic heterocycles. The average molecular weight is 399 g/mol. The van der Waals surface area contributed by atoms with Crippen molar-refractivity contribution >= 4 is 21.6 Å². The van der Waals surface area contributed by atoms with Crippen LogP contribution in [-0.2, 0) is 27.8 Å². The molecule has 0 spiro atoms. The summed E-state index contributed by atoms with van der Waals surface area (Å²) in [6.07, 6.45) is 1.68. The number of carbonyl (C=O) groups is 1. The smallest absolute Gasteiger partial charge is 0.243 e. The lowest BCUT2D eigenvalue weighted by Crippen LogP contribution is -2.36. The molecule has 2 aromatic rings. The third kappa shape index (κ3) is 3.05. The van der Waals surface area contributed by atoms with Crippen LogP contribution in [0.3, 0.4) is 0 Å². The molecule has 0 aromatic heterocycles. The Kier molecular flexibility index (Phi) is 4.79. The minimum atomic E-state index is -3.68. The van der Waals surface area contributed by atoms with Gasteiger partial charge in [-0.2, -0.15) is 4.31 Å². The molecule has 2 aliphatic rings. The fourth-order valence-electron chi connectivity index (χ4n) is 4.26. The van der Waals surface area contributed by atoms with E-state index in [2.05, 4.69) is 0 Å². The summed E-state index contributed by atoms with van der Waals surface area (Å²) in [7, 11) is -3.68. The van der Waals surface area contributed by atoms with Gasteiger partial charge in [0.05, 0.1) is 16.5 Å². The maximum absolute atomic E-state index is 13.6. The molecule has 5 nitrogen and oxygen atoms in total. The van der Waals surface area contributed by atoms with Gasteiger partial charge in [0.15, 0.2) is 0 Å². The number of aryl methyl sites for hydroxylation is 1. The van der Waals surface area contributed by atoms with Crippen LogP contribution in [0.2, 0.25) is 0 Å². The van der Waals surface area contributed by atoms with Gasteiger partial charge >= 0.3 is 0 Å². The van der Waals surface area contributed by atoms with Gasteiger partial charge in [-0.3, -0.25) is 4.79 Å². The van der Waals surface area contributed by atoms with Crippen LogP contribution in [0.15, 0.2) is 47.4 Å². The fraction of sp³-hybridized carbons (Fsp3) is 0.409. The molecule has 6 heteroatoms. The molecule has 0 unspecified atom stereocenters. The fourth-order valence-corrected chi connectivity index (χ4v) is 5.97. The number of hydrogen-bond acceptors (Lipinski definition) is 3. The van der Waals surface area contributed by atoms with Gasteiger partial charge in [-0.25, -0.2) is 8.42 Å². The summed E-state index contributed by atoms with van der Waals surface area (Å²) in [6, 6.07) is 13.0. The van der Waals surface area contributed by atoms with Crippen molar-refractivity contribution in [2.45, 2.75) is 57.0 Å². The Hall–Kier alpha value is -2.18. The summed E-state index contributed by atoms with van der Waals surface area (Å²) in [5, 5.41) is 0. The molecular formula is C22H26N2O3S. The van der Waals surface area contributed by atoms with E-state index in [-0.39, 0.29) is 17.9 Å². The minimum absolute atomic E-state index is 0.0792. The zero-order valence-corrected chi connectivity index (χ0v) is 17.4. The first-order chi connectivity index (χ1) is 13.3. The van der Waals surface area contributed by atoms with Crippen molar-refractivity contribution in [3.8, 4) is 0 Å². The van der Waals surface area contributed by atoms with Crippen molar-refractivity contribution in [3.63, 3.8) is 0 Å². The van der Waals surface area contributed by atoms with Gasteiger partial charge < -0.3 is 4.90 Å². The van der Waals surface area contributed by atoms with Gasteiger partial charge in [-0.05, 0) is 62.4 Å². The van der Waals surface area contributed by atoms with Crippen LogP contribution in [0, 0.1) is 0 Å². The third-order valence-electron chi connectivity index (χ3n) is 5.76. The zero-order valence-electron chi connectivity index (χ0n) is 16.6. The molecule has 0 saturated heterocycles. The summed E-state index contributed by atoms with van der Waals surface area (Å²) in [6.45, 7) is 6.71. The second kappa shape index (κ2) is 7.01. The molecule has 0 fully saturated rings. The van der Waals surface area contributed by atoms with Gasteiger partial charge in [0.25, 0.3) is 0 Å². The van der Waals surface area contributed by atoms with Crippen molar-refractivity contribution in [2.24, 2.45) is 0 Å². The van der Waals surface area contributed by atoms with E-state index in [4.69, 9.17) is 0 Å². The van der Waals surface area contributed by atoms with Crippen LogP contribution in [0.25, 0.3) is 0 Å². The molecule has 2 aromatic carbocycles. The van der Waals surface area contributed by atoms with E-state index in [0.717, 1.165) is 41.8 Å². The Morgan fingerprint density at radius 3 is 2.57 bits per heavy atom. The predicted octanol–water partition coefficient (Wildman–Crippen LogP) is 3.68. The highest BCUT2D eigenvalue weighted by molar-refractivity contribution is 7.89. The van der Waals surface area contributed by atoms with Crippen molar-refractivity contribution < 1.29 is 13.2 Å². The van der Waals surface area contributed by atoms with Crippen molar-refractivity contribution in [1.29, 1.82) is 0 Å². The first-order valence-electron chi connectivity index (χ1n) is 9.84. The van der Waals surface area contributed by atoms with Crippen LogP contribution in [-0.4, -0.2) is 31.2 Å². The molecule has 0 saturated carbocycles. The predicted molar refractivity (Wildman–Crippen MR) is 110 cm³/mol. The SMILES string of the molecule is CC(C)N(Cc1ccccc1)S(=O)(=O)c1cc2c3c(c1)[C@@H](C)C(=O)N3CCC2. The Bertz CT molecular complexity index is 1020. The minimum Gasteiger partial charge on any atom is -0.311 e.